The van der Waals surface area contributed by atoms with Gasteiger partial charge in [-0.15, -0.1) is 0 Å². The summed E-state index contributed by atoms with van der Waals surface area (Å²) in [5, 5.41) is 0. The van der Waals surface area contributed by atoms with Crippen LogP contribution in [0.4, 0.5) is 0 Å². The number of para-hydroxylation sites is 1. The molecule has 2 nitrogen and oxygen atoms in total. The molecule has 0 atom stereocenters. The molecule has 0 N–H and O–H groups in total. The second-order valence-corrected chi connectivity index (χ2v) is 4.67. The number of hydrogen-bond donors (Lipinski definition) is 0. The van der Waals surface area contributed by atoms with Crippen LogP contribution in [0.3, 0.4) is 0 Å². The van der Waals surface area contributed by atoms with E-state index in [1.165, 1.54) is 0 Å². The Morgan fingerprint density at radius 2 is 2.07 bits per heavy atom. The minimum absolute atomic E-state index is 0.0581. The van der Waals surface area contributed by atoms with Crippen molar-refractivity contribution in [3.63, 3.8) is 0 Å². The first-order chi connectivity index (χ1) is 7.02. The average Bonchev–Trinajstić information content (AvgIpc) is 2.59. The topological polar surface area (TPSA) is 26.0 Å². The molecule has 1 heterocycles. The van der Waals surface area contributed by atoms with Gasteiger partial charge in [0.25, 0.3) is 0 Å². The zero-order chi connectivity index (χ0) is 11.1. The third-order valence-electron chi connectivity index (χ3n) is 2.31. The molecule has 15 heavy (non-hydrogen) atoms. The SMILES string of the molecule is C=Cc1cccc2nc(C(C)(C)C)oc12. The van der Waals surface area contributed by atoms with E-state index in [0.29, 0.717) is 0 Å². The Hall–Kier alpha value is -1.57. The molecule has 1 aromatic carbocycles. The highest BCUT2D eigenvalue weighted by atomic mass is 16.3. The molecule has 0 amide bonds. The van der Waals surface area contributed by atoms with Crippen molar-refractivity contribution >= 4 is 17.2 Å². The molecular weight excluding hydrogens is 186 g/mol. The van der Waals surface area contributed by atoms with E-state index in [2.05, 4.69) is 32.3 Å². The van der Waals surface area contributed by atoms with Crippen LogP contribution in [0.25, 0.3) is 17.2 Å². The van der Waals surface area contributed by atoms with E-state index in [1.807, 2.05) is 18.2 Å². The Labute approximate surface area is 89.6 Å². The van der Waals surface area contributed by atoms with Crippen LogP contribution in [-0.4, -0.2) is 4.98 Å². The third-order valence-corrected chi connectivity index (χ3v) is 2.31. The lowest BCUT2D eigenvalue weighted by atomic mass is 9.97. The number of hydrogen-bond acceptors (Lipinski definition) is 2. The third kappa shape index (κ3) is 1.67. The molecule has 2 rings (SSSR count). The van der Waals surface area contributed by atoms with Gasteiger partial charge in [-0.2, -0.15) is 0 Å². The lowest BCUT2D eigenvalue weighted by Crippen LogP contribution is -2.10. The number of oxazole rings is 1. The van der Waals surface area contributed by atoms with Crippen molar-refractivity contribution in [2.24, 2.45) is 0 Å². The molecule has 2 aromatic rings. The lowest BCUT2D eigenvalue weighted by molar-refractivity contribution is 0.410. The molecule has 0 unspecified atom stereocenters. The fourth-order valence-corrected chi connectivity index (χ4v) is 1.45. The second kappa shape index (κ2) is 3.23. The van der Waals surface area contributed by atoms with E-state index in [-0.39, 0.29) is 5.41 Å². The smallest absolute Gasteiger partial charge is 0.200 e. The van der Waals surface area contributed by atoms with Crippen LogP contribution >= 0.6 is 0 Å². The van der Waals surface area contributed by atoms with Gasteiger partial charge >= 0.3 is 0 Å². The van der Waals surface area contributed by atoms with Crippen LogP contribution in [-0.2, 0) is 5.41 Å². The molecule has 0 fully saturated rings. The average molecular weight is 201 g/mol. The molecule has 0 radical (unpaired) electrons. The largest absolute Gasteiger partial charge is 0.439 e. The Morgan fingerprint density at radius 3 is 2.67 bits per heavy atom. The predicted molar refractivity (Wildman–Crippen MR) is 62.8 cm³/mol. The Kier molecular flexibility index (Phi) is 2.14. The highest BCUT2D eigenvalue weighted by molar-refractivity contribution is 5.82. The molecule has 0 aliphatic heterocycles. The molecular formula is C13H15NO. The maximum atomic E-state index is 5.77. The van der Waals surface area contributed by atoms with Gasteiger partial charge in [0, 0.05) is 11.0 Å². The number of rotatable bonds is 1. The van der Waals surface area contributed by atoms with Crippen molar-refractivity contribution < 1.29 is 4.42 Å². The minimum Gasteiger partial charge on any atom is -0.439 e. The van der Waals surface area contributed by atoms with E-state index in [9.17, 15) is 0 Å². The van der Waals surface area contributed by atoms with Crippen molar-refractivity contribution in [3.05, 3.63) is 36.2 Å². The van der Waals surface area contributed by atoms with E-state index in [1.54, 1.807) is 6.08 Å². The molecule has 0 saturated heterocycles. The van der Waals surface area contributed by atoms with Gasteiger partial charge < -0.3 is 4.42 Å². The van der Waals surface area contributed by atoms with E-state index in [0.717, 1.165) is 22.6 Å². The minimum atomic E-state index is -0.0581. The number of nitrogens with zero attached hydrogens (tertiary/aromatic N) is 1. The Bertz CT molecular complexity index is 503. The quantitative estimate of drug-likeness (QED) is 0.702. The fraction of sp³-hybridized carbons (Fsp3) is 0.308. The predicted octanol–water partition coefficient (Wildman–Crippen LogP) is 3.77. The van der Waals surface area contributed by atoms with Gasteiger partial charge in [0.15, 0.2) is 5.58 Å². The van der Waals surface area contributed by atoms with Crippen molar-refractivity contribution in [1.29, 1.82) is 0 Å². The second-order valence-electron chi connectivity index (χ2n) is 4.67. The number of aromatic nitrogens is 1. The van der Waals surface area contributed by atoms with Crippen LogP contribution in [0.15, 0.2) is 29.2 Å². The van der Waals surface area contributed by atoms with Gasteiger partial charge in [0.05, 0.1) is 0 Å². The zero-order valence-electron chi connectivity index (χ0n) is 9.37. The first-order valence-corrected chi connectivity index (χ1v) is 5.05. The van der Waals surface area contributed by atoms with Gasteiger partial charge in [-0.25, -0.2) is 4.98 Å². The molecule has 0 saturated carbocycles. The van der Waals surface area contributed by atoms with Crippen LogP contribution in [0, 0.1) is 0 Å². The van der Waals surface area contributed by atoms with Gasteiger partial charge in [-0.3, -0.25) is 0 Å². The maximum Gasteiger partial charge on any atom is 0.200 e. The van der Waals surface area contributed by atoms with Gasteiger partial charge in [-0.05, 0) is 6.07 Å². The number of benzene rings is 1. The summed E-state index contributed by atoms with van der Waals surface area (Å²) in [6, 6.07) is 5.91. The zero-order valence-corrected chi connectivity index (χ0v) is 9.37. The van der Waals surface area contributed by atoms with Gasteiger partial charge in [0.1, 0.15) is 5.52 Å². The summed E-state index contributed by atoms with van der Waals surface area (Å²) in [4.78, 5) is 4.48. The summed E-state index contributed by atoms with van der Waals surface area (Å²) in [6.45, 7) is 10.0. The summed E-state index contributed by atoms with van der Waals surface area (Å²) in [5.74, 6) is 0.770. The van der Waals surface area contributed by atoms with E-state index >= 15 is 0 Å². The normalized spacial score (nSPS) is 11.9. The standard InChI is InChI=1S/C13H15NO/c1-5-9-7-6-8-10-11(9)15-12(14-10)13(2,3)4/h5-8H,1H2,2-4H3. The molecule has 78 valence electrons. The van der Waals surface area contributed by atoms with Crippen molar-refractivity contribution in [2.45, 2.75) is 26.2 Å². The van der Waals surface area contributed by atoms with Gasteiger partial charge in [0.2, 0.25) is 5.89 Å². The van der Waals surface area contributed by atoms with E-state index < -0.39 is 0 Å². The summed E-state index contributed by atoms with van der Waals surface area (Å²) in [7, 11) is 0. The summed E-state index contributed by atoms with van der Waals surface area (Å²) < 4.78 is 5.77. The highest BCUT2D eigenvalue weighted by Gasteiger charge is 2.21. The first kappa shape index (κ1) is 9.97. The molecule has 2 heteroatoms. The van der Waals surface area contributed by atoms with Crippen molar-refractivity contribution in [3.8, 4) is 0 Å². The molecule has 0 aliphatic carbocycles. The van der Waals surface area contributed by atoms with Crippen LogP contribution in [0.1, 0.15) is 32.2 Å². The van der Waals surface area contributed by atoms with Crippen LogP contribution in [0.5, 0.6) is 0 Å². The number of fused-ring (bicyclic) bond motifs is 1. The summed E-state index contributed by atoms with van der Waals surface area (Å²) in [6.07, 6.45) is 1.79. The Balaban J connectivity index is 2.70. The molecule has 0 bridgehead atoms. The Morgan fingerprint density at radius 1 is 1.33 bits per heavy atom. The fourth-order valence-electron chi connectivity index (χ4n) is 1.45. The summed E-state index contributed by atoms with van der Waals surface area (Å²) in [5.41, 5.74) is 2.67. The molecule has 1 aromatic heterocycles. The maximum absolute atomic E-state index is 5.77. The molecule has 0 spiro atoms. The van der Waals surface area contributed by atoms with E-state index in [4.69, 9.17) is 4.42 Å². The van der Waals surface area contributed by atoms with Crippen molar-refractivity contribution in [2.75, 3.05) is 0 Å². The highest BCUT2D eigenvalue weighted by Crippen LogP contribution is 2.27. The van der Waals surface area contributed by atoms with Crippen LogP contribution in [0.2, 0.25) is 0 Å². The monoisotopic (exact) mass is 201 g/mol. The first-order valence-electron chi connectivity index (χ1n) is 5.05. The van der Waals surface area contributed by atoms with Gasteiger partial charge in [-0.1, -0.05) is 45.6 Å². The van der Waals surface area contributed by atoms with Crippen molar-refractivity contribution in [1.82, 2.24) is 4.98 Å². The lowest BCUT2D eigenvalue weighted by Gasteiger charge is -2.11. The molecule has 0 aliphatic rings. The van der Waals surface area contributed by atoms with Crippen LogP contribution < -0.4 is 0 Å². The summed E-state index contributed by atoms with van der Waals surface area (Å²) >= 11 is 0.